The van der Waals surface area contributed by atoms with Crippen LogP contribution >= 0.6 is 0 Å². The van der Waals surface area contributed by atoms with Crippen LogP contribution in [0.4, 0.5) is 0 Å². The zero-order valence-electron chi connectivity index (χ0n) is 9.02. The van der Waals surface area contributed by atoms with E-state index >= 15 is 0 Å². The maximum absolute atomic E-state index is 11.8. The van der Waals surface area contributed by atoms with Crippen molar-refractivity contribution in [3.05, 3.63) is 12.7 Å². The van der Waals surface area contributed by atoms with Gasteiger partial charge in [0.05, 0.1) is 13.2 Å². The van der Waals surface area contributed by atoms with Gasteiger partial charge in [0.1, 0.15) is 19.2 Å². The molecule has 2 rings (SSSR count). The Morgan fingerprint density at radius 1 is 1.53 bits per heavy atom. The Balaban J connectivity index is 1.93. The summed E-state index contributed by atoms with van der Waals surface area (Å²) in [6.07, 6.45) is 1.84. The van der Waals surface area contributed by atoms with Crippen LogP contribution in [0.2, 0.25) is 0 Å². The maximum Gasteiger partial charge on any atom is 0.334 e. The Morgan fingerprint density at radius 2 is 2.35 bits per heavy atom. The first kappa shape index (κ1) is 11.5. The molecule has 1 N–H and O–H groups in total. The van der Waals surface area contributed by atoms with Crippen LogP contribution in [-0.2, 0) is 20.9 Å². The molecule has 0 aromatic carbocycles. The molecule has 1 atom stereocenters. The van der Waals surface area contributed by atoms with Crippen LogP contribution in [0.25, 0.3) is 0 Å². The zero-order valence-corrected chi connectivity index (χ0v) is 9.02. The average Bonchev–Trinajstić information content (AvgIpc) is 2.82. The van der Waals surface area contributed by atoms with Crippen molar-refractivity contribution >= 4 is 11.9 Å². The Morgan fingerprint density at radius 3 is 3.00 bits per heavy atom. The van der Waals surface area contributed by atoms with Gasteiger partial charge in [-0.3, -0.25) is 4.79 Å². The number of carboxylic acid groups (broad SMARTS) is 1. The second kappa shape index (κ2) is 4.91. The van der Waals surface area contributed by atoms with Gasteiger partial charge in [0.25, 0.3) is 0 Å². The fourth-order valence-corrected chi connectivity index (χ4v) is 1.58. The molecular weight excluding hydrogens is 228 g/mol. The molecule has 1 aliphatic heterocycles. The summed E-state index contributed by atoms with van der Waals surface area (Å²) in [5.74, 6) is -1.24. The molecule has 1 aromatic rings. The van der Waals surface area contributed by atoms with Crippen molar-refractivity contribution < 1.29 is 19.4 Å². The van der Waals surface area contributed by atoms with Crippen LogP contribution in [0.5, 0.6) is 0 Å². The Hall–Kier alpha value is -1.96. The van der Waals surface area contributed by atoms with Crippen molar-refractivity contribution in [2.24, 2.45) is 0 Å². The summed E-state index contributed by atoms with van der Waals surface area (Å²) >= 11 is 0. The molecular formula is C9H12N4O4. The van der Waals surface area contributed by atoms with Gasteiger partial charge in [-0.1, -0.05) is 0 Å². The molecule has 1 aromatic heterocycles. The van der Waals surface area contributed by atoms with Crippen LogP contribution in [-0.4, -0.2) is 62.4 Å². The monoisotopic (exact) mass is 240 g/mol. The van der Waals surface area contributed by atoms with E-state index in [0.717, 1.165) is 0 Å². The van der Waals surface area contributed by atoms with E-state index in [1.54, 1.807) is 0 Å². The number of aliphatic carboxylic acids is 1. The smallest absolute Gasteiger partial charge is 0.334 e. The van der Waals surface area contributed by atoms with Crippen molar-refractivity contribution in [3.63, 3.8) is 0 Å². The van der Waals surface area contributed by atoms with E-state index in [1.807, 2.05) is 0 Å². The third-order valence-corrected chi connectivity index (χ3v) is 2.46. The van der Waals surface area contributed by atoms with Crippen molar-refractivity contribution in [1.29, 1.82) is 0 Å². The standard InChI is InChI=1S/C9H12N4O4/c14-8(4-13-6-10-5-11-13)12-1-2-17-7(3-12)9(15)16/h5-7H,1-4H2,(H,15,16). The van der Waals surface area contributed by atoms with Crippen LogP contribution < -0.4 is 0 Å². The highest BCUT2D eigenvalue weighted by Crippen LogP contribution is 2.06. The highest BCUT2D eigenvalue weighted by atomic mass is 16.5. The normalized spacial score (nSPS) is 20.2. The van der Waals surface area contributed by atoms with Crippen LogP contribution in [0.3, 0.4) is 0 Å². The molecule has 0 radical (unpaired) electrons. The first-order valence-electron chi connectivity index (χ1n) is 5.11. The van der Waals surface area contributed by atoms with Crippen LogP contribution in [0.15, 0.2) is 12.7 Å². The van der Waals surface area contributed by atoms with Crippen molar-refractivity contribution in [3.8, 4) is 0 Å². The zero-order chi connectivity index (χ0) is 12.3. The minimum atomic E-state index is -1.05. The summed E-state index contributed by atoms with van der Waals surface area (Å²) in [6, 6.07) is 0. The molecule has 8 nitrogen and oxygen atoms in total. The lowest BCUT2D eigenvalue weighted by Gasteiger charge is -2.30. The number of hydrogen-bond donors (Lipinski definition) is 1. The van der Waals surface area contributed by atoms with E-state index in [4.69, 9.17) is 9.84 Å². The minimum Gasteiger partial charge on any atom is -0.479 e. The Kier molecular flexibility index (Phi) is 3.33. The van der Waals surface area contributed by atoms with E-state index in [9.17, 15) is 9.59 Å². The lowest BCUT2D eigenvalue weighted by Crippen LogP contribution is -2.49. The first-order valence-corrected chi connectivity index (χ1v) is 5.11. The van der Waals surface area contributed by atoms with E-state index in [0.29, 0.717) is 6.54 Å². The second-order valence-electron chi connectivity index (χ2n) is 3.63. The molecule has 1 fully saturated rings. The topological polar surface area (TPSA) is 97.6 Å². The number of amides is 1. The number of carbonyl (C=O) groups excluding carboxylic acids is 1. The molecule has 0 saturated carbocycles. The molecule has 0 aliphatic carbocycles. The summed E-state index contributed by atoms with van der Waals surface area (Å²) in [5.41, 5.74) is 0. The molecule has 0 bridgehead atoms. The number of hydrogen-bond acceptors (Lipinski definition) is 5. The first-order chi connectivity index (χ1) is 8.16. The maximum atomic E-state index is 11.8. The van der Waals surface area contributed by atoms with Gasteiger partial charge in [-0.15, -0.1) is 0 Å². The predicted octanol–water partition coefficient (Wildman–Crippen LogP) is -1.41. The second-order valence-corrected chi connectivity index (χ2v) is 3.63. The fourth-order valence-electron chi connectivity index (χ4n) is 1.58. The number of carboxylic acids is 1. The molecule has 17 heavy (non-hydrogen) atoms. The van der Waals surface area contributed by atoms with Gasteiger partial charge in [0.15, 0.2) is 6.10 Å². The summed E-state index contributed by atoms with van der Waals surface area (Å²) in [7, 11) is 0. The largest absolute Gasteiger partial charge is 0.479 e. The third-order valence-electron chi connectivity index (χ3n) is 2.46. The fraction of sp³-hybridized carbons (Fsp3) is 0.556. The molecule has 8 heteroatoms. The van der Waals surface area contributed by atoms with Crippen LogP contribution in [0.1, 0.15) is 0 Å². The van der Waals surface area contributed by atoms with E-state index in [-0.39, 0.29) is 25.6 Å². The molecule has 1 aliphatic rings. The van der Waals surface area contributed by atoms with Gasteiger partial charge in [0.2, 0.25) is 5.91 Å². The number of carbonyl (C=O) groups is 2. The number of rotatable bonds is 3. The van der Waals surface area contributed by atoms with E-state index in [2.05, 4.69) is 10.1 Å². The van der Waals surface area contributed by atoms with Gasteiger partial charge in [0, 0.05) is 6.54 Å². The van der Waals surface area contributed by atoms with E-state index < -0.39 is 12.1 Å². The minimum absolute atomic E-state index is 0.0618. The molecule has 2 heterocycles. The third kappa shape index (κ3) is 2.78. The molecule has 92 valence electrons. The highest BCUT2D eigenvalue weighted by molar-refractivity contribution is 5.78. The molecule has 1 amide bonds. The molecule has 0 spiro atoms. The Bertz CT molecular complexity index is 405. The van der Waals surface area contributed by atoms with Crippen LogP contribution in [0, 0.1) is 0 Å². The number of ether oxygens (including phenoxy) is 1. The number of nitrogens with zero attached hydrogens (tertiary/aromatic N) is 4. The summed E-state index contributed by atoms with van der Waals surface area (Å²) < 4.78 is 6.42. The lowest BCUT2D eigenvalue weighted by atomic mass is 10.2. The van der Waals surface area contributed by atoms with Gasteiger partial charge < -0.3 is 14.7 Å². The van der Waals surface area contributed by atoms with Gasteiger partial charge in [-0.2, -0.15) is 5.10 Å². The molecule has 1 unspecified atom stereocenters. The van der Waals surface area contributed by atoms with Crippen molar-refractivity contribution in [2.45, 2.75) is 12.6 Å². The van der Waals surface area contributed by atoms with Gasteiger partial charge in [-0.05, 0) is 0 Å². The lowest BCUT2D eigenvalue weighted by molar-refractivity contribution is -0.159. The summed E-state index contributed by atoms with van der Waals surface area (Å²) in [4.78, 5) is 27.8. The van der Waals surface area contributed by atoms with Crippen molar-refractivity contribution in [1.82, 2.24) is 19.7 Å². The van der Waals surface area contributed by atoms with Gasteiger partial charge in [-0.25, -0.2) is 14.5 Å². The van der Waals surface area contributed by atoms with Gasteiger partial charge >= 0.3 is 5.97 Å². The number of morpholine rings is 1. The number of aromatic nitrogens is 3. The SMILES string of the molecule is O=C(O)C1CN(C(=O)Cn2cncn2)CCO1. The quantitative estimate of drug-likeness (QED) is 0.697. The van der Waals surface area contributed by atoms with E-state index in [1.165, 1.54) is 22.2 Å². The Labute approximate surface area is 96.8 Å². The molecule has 1 saturated heterocycles. The average molecular weight is 240 g/mol. The highest BCUT2D eigenvalue weighted by Gasteiger charge is 2.28. The summed E-state index contributed by atoms with van der Waals surface area (Å²) in [6.45, 7) is 0.770. The summed E-state index contributed by atoms with van der Waals surface area (Å²) in [5, 5.41) is 12.6. The van der Waals surface area contributed by atoms with Crippen molar-refractivity contribution in [2.75, 3.05) is 19.7 Å². The predicted molar refractivity (Wildman–Crippen MR) is 54.0 cm³/mol.